The lowest BCUT2D eigenvalue weighted by atomic mass is 10.0. The monoisotopic (exact) mass is 729 g/mol. The minimum absolute atomic E-state index is 0.280. The third-order valence-electron chi connectivity index (χ3n) is 9.96. The van der Waals surface area contributed by atoms with Gasteiger partial charge < -0.3 is 13.3 Å². The van der Waals surface area contributed by atoms with Gasteiger partial charge in [-0.25, -0.2) is 0 Å². The second-order valence-corrected chi connectivity index (χ2v) is 17.9. The van der Waals surface area contributed by atoms with Crippen LogP contribution in [0.15, 0.2) is 0 Å². The quantitative estimate of drug-likeness (QED) is 0.0387. The zero-order valence-corrected chi connectivity index (χ0v) is 35.0. The maximum atomic E-state index is 12.9. The lowest BCUT2D eigenvalue weighted by Crippen LogP contribution is -2.48. The lowest BCUT2D eigenvalue weighted by molar-refractivity contribution is -0.145. The SMILES string of the molecule is CCCCCCCCCCCCCCCCCC(=O)O[Si](CCCCCS)(OC)OC(=O)CCCCCCCCCCCCCCCCC. The lowest BCUT2D eigenvalue weighted by Gasteiger charge is -2.27. The summed E-state index contributed by atoms with van der Waals surface area (Å²) < 4.78 is 17.6. The molecule has 0 amide bonds. The van der Waals surface area contributed by atoms with E-state index in [4.69, 9.17) is 13.3 Å². The Balaban J connectivity index is 4.12. The molecule has 0 radical (unpaired) electrons. The first kappa shape index (κ1) is 48.5. The summed E-state index contributed by atoms with van der Waals surface area (Å²) in [7, 11) is -1.85. The van der Waals surface area contributed by atoms with Crippen molar-refractivity contribution in [1.82, 2.24) is 0 Å². The third kappa shape index (κ3) is 34.3. The molecular formula is C42H84O5SSi. The van der Waals surface area contributed by atoms with Crippen molar-refractivity contribution in [2.24, 2.45) is 0 Å². The van der Waals surface area contributed by atoms with Crippen LogP contribution in [0.1, 0.15) is 239 Å². The average Bonchev–Trinajstić information content (AvgIpc) is 3.10. The molecule has 0 spiro atoms. The Kier molecular flexibility index (Phi) is 38.3. The topological polar surface area (TPSA) is 61.8 Å². The van der Waals surface area contributed by atoms with Crippen LogP contribution in [-0.4, -0.2) is 33.6 Å². The fourth-order valence-corrected chi connectivity index (χ4v) is 9.09. The molecule has 0 aliphatic rings. The Morgan fingerprint density at radius 1 is 0.408 bits per heavy atom. The van der Waals surface area contributed by atoms with Crippen molar-refractivity contribution < 1.29 is 22.9 Å². The summed E-state index contributed by atoms with van der Waals surface area (Å²) in [6.07, 6.45) is 42.2. The van der Waals surface area contributed by atoms with E-state index in [0.717, 1.165) is 63.5 Å². The second kappa shape index (κ2) is 38.7. The highest BCUT2D eigenvalue weighted by Gasteiger charge is 2.47. The van der Waals surface area contributed by atoms with E-state index >= 15 is 0 Å². The predicted molar refractivity (Wildman–Crippen MR) is 217 cm³/mol. The molecule has 0 aromatic rings. The average molecular weight is 729 g/mol. The van der Waals surface area contributed by atoms with Crippen molar-refractivity contribution in [2.45, 2.75) is 245 Å². The molecule has 0 saturated heterocycles. The van der Waals surface area contributed by atoms with Crippen LogP contribution in [0.5, 0.6) is 0 Å². The second-order valence-electron chi connectivity index (χ2n) is 14.8. The van der Waals surface area contributed by atoms with Crippen molar-refractivity contribution in [1.29, 1.82) is 0 Å². The Bertz CT molecular complexity index is 659. The fraction of sp³-hybridized carbons (Fsp3) is 0.952. The van der Waals surface area contributed by atoms with Crippen LogP contribution >= 0.6 is 12.6 Å². The number of unbranched alkanes of at least 4 members (excludes halogenated alkanes) is 30. The van der Waals surface area contributed by atoms with Gasteiger partial charge in [-0.2, -0.15) is 12.6 Å². The molecule has 0 aliphatic carbocycles. The molecule has 49 heavy (non-hydrogen) atoms. The minimum Gasteiger partial charge on any atom is -0.464 e. The highest BCUT2D eigenvalue weighted by Crippen LogP contribution is 2.23. The Morgan fingerprint density at radius 2 is 0.673 bits per heavy atom. The number of carbonyl (C=O) groups excluding carboxylic acids is 2. The molecule has 7 heteroatoms. The van der Waals surface area contributed by atoms with Gasteiger partial charge >= 0.3 is 8.80 Å². The number of rotatable bonds is 40. The number of carbonyl (C=O) groups is 2. The van der Waals surface area contributed by atoms with Crippen LogP contribution in [0.25, 0.3) is 0 Å². The zero-order valence-electron chi connectivity index (χ0n) is 33.2. The van der Waals surface area contributed by atoms with Crippen LogP contribution in [0.4, 0.5) is 0 Å². The van der Waals surface area contributed by atoms with Gasteiger partial charge in [-0.3, -0.25) is 9.59 Å². The van der Waals surface area contributed by atoms with Crippen LogP contribution in [0.2, 0.25) is 6.04 Å². The Morgan fingerprint density at radius 3 is 0.939 bits per heavy atom. The molecule has 0 aliphatic heterocycles. The first-order valence-corrected chi connectivity index (χ1v) is 24.2. The standard InChI is InChI=1S/C42H84O5SSi/c1-4-6-8-10-12-14-16-18-20-22-24-26-28-30-33-37-41(43)46-49(45-3,40-36-32-35-39-48)47-42(44)38-34-31-29-27-25-23-21-19-17-15-13-11-9-7-5-2/h48H,4-40H2,1-3H3. The van der Waals surface area contributed by atoms with E-state index in [9.17, 15) is 9.59 Å². The molecule has 0 aromatic heterocycles. The molecule has 5 nitrogen and oxygen atoms in total. The molecule has 0 saturated carbocycles. The van der Waals surface area contributed by atoms with Crippen molar-refractivity contribution in [3.8, 4) is 0 Å². The van der Waals surface area contributed by atoms with Gasteiger partial charge in [0.05, 0.1) is 0 Å². The van der Waals surface area contributed by atoms with Crippen LogP contribution < -0.4 is 0 Å². The Labute approximate surface area is 312 Å². The first-order chi connectivity index (χ1) is 24.0. The summed E-state index contributed by atoms with van der Waals surface area (Å²) >= 11 is 4.32. The van der Waals surface area contributed by atoms with E-state index in [2.05, 4.69) is 26.5 Å². The van der Waals surface area contributed by atoms with Crippen LogP contribution in [0, 0.1) is 0 Å². The van der Waals surface area contributed by atoms with E-state index in [1.54, 1.807) is 0 Å². The summed E-state index contributed by atoms with van der Waals surface area (Å²) in [6.45, 7) is 4.55. The molecule has 0 heterocycles. The number of thiol groups is 1. The fourth-order valence-electron chi connectivity index (χ4n) is 6.67. The van der Waals surface area contributed by atoms with Gasteiger partial charge in [0.25, 0.3) is 11.9 Å². The van der Waals surface area contributed by atoms with Crippen molar-refractivity contribution in [3.63, 3.8) is 0 Å². The highest BCUT2D eigenvalue weighted by atomic mass is 32.1. The Hall–Kier alpha value is -0.533. The summed E-state index contributed by atoms with van der Waals surface area (Å²) in [4.78, 5) is 25.7. The van der Waals surface area contributed by atoms with Crippen LogP contribution in [0.3, 0.4) is 0 Å². The summed E-state index contributed by atoms with van der Waals surface area (Å²) in [6, 6.07) is 0.493. The molecule has 292 valence electrons. The molecule has 0 bridgehead atoms. The summed E-state index contributed by atoms with van der Waals surface area (Å²) in [5.41, 5.74) is 0. The molecule has 0 aromatic carbocycles. The normalized spacial score (nSPS) is 11.7. The molecule has 0 unspecified atom stereocenters. The van der Waals surface area contributed by atoms with Crippen LogP contribution in [-0.2, 0) is 22.9 Å². The van der Waals surface area contributed by atoms with E-state index in [1.165, 1.54) is 161 Å². The smallest absolute Gasteiger partial charge is 0.464 e. The third-order valence-corrected chi connectivity index (χ3v) is 12.9. The minimum atomic E-state index is -3.39. The van der Waals surface area contributed by atoms with Gasteiger partial charge in [0, 0.05) is 26.0 Å². The van der Waals surface area contributed by atoms with Crippen molar-refractivity contribution in [3.05, 3.63) is 0 Å². The first-order valence-electron chi connectivity index (χ1n) is 21.6. The van der Waals surface area contributed by atoms with E-state index in [-0.39, 0.29) is 11.9 Å². The van der Waals surface area contributed by atoms with Gasteiger partial charge in [0.2, 0.25) is 0 Å². The molecule has 0 N–H and O–H groups in total. The highest BCUT2D eigenvalue weighted by molar-refractivity contribution is 7.80. The zero-order chi connectivity index (χ0) is 35.9. The molecule has 0 fully saturated rings. The van der Waals surface area contributed by atoms with E-state index in [1.807, 2.05) is 0 Å². The van der Waals surface area contributed by atoms with Gasteiger partial charge in [0.1, 0.15) is 0 Å². The summed E-state index contributed by atoms with van der Waals surface area (Å²) in [5.74, 6) is 0.258. The van der Waals surface area contributed by atoms with Crippen molar-refractivity contribution in [2.75, 3.05) is 12.9 Å². The maximum Gasteiger partial charge on any atom is 0.635 e. The van der Waals surface area contributed by atoms with Gasteiger partial charge in [0.15, 0.2) is 0 Å². The summed E-state index contributed by atoms with van der Waals surface area (Å²) in [5, 5.41) is 0. The van der Waals surface area contributed by atoms with Gasteiger partial charge in [-0.05, 0) is 31.4 Å². The van der Waals surface area contributed by atoms with E-state index in [0.29, 0.717) is 18.9 Å². The molecule has 0 rings (SSSR count). The van der Waals surface area contributed by atoms with Crippen molar-refractivity contribution >= 4 is 33.4 Å². The van der Waals surface area contributed by atoms with E-state index < -0.39 is 8.80 Å². The predicted octanol–water partition coefficient (Wildman–Crippen LogP) is 14.3. The van der Waals surface area contributed by atoms with Gasteiger partial charge in [-0.15, -0.1) is 0 Å². The number of hydrogen-bond acceptors (Lipinski definition) is 6. The maximum absolute atomic E-state index is 12.9. The largest absolute Gasteiger partial charge is 0.635 e. The van der Waals surface area contributed by atoms with Gasteiger partial charge in [-0.1, -0.05) is 200 Å². The number of hydrogen-bond donors (Lipinski definition) is 1. The molecule has 0 atom stereocenters. The molecular weight excluding hydrogens is 645 g/mol.